The van der Waals surface area contributed by atoms with Gasteiger partial charge in [-0.25, -0.2) is 4.79 Å². The molecule has 27 heavy (non-hydrogen) atoms. The fourth-order valence-corrected chi connectivity index (χ4v) is 2.71. The van der Waals surface area contributed by atoms with Gasteiger partial charge < -0.3 is 30.5 Å². The minimum atomic E-state index is -0.474. The standard InChI is InChI=1S/C19H40N6O2/c1-6-20-17(22-10-11-23-18(26)27-19(2,3)4)21-9-7-8-12-25-15-13-24(5)14-16-25/h6-16H2,1-5H3,(H,23,26)(H2,20,21,22). The Labute approximate surface area is 165 Å². The average Bonchev–Trinajstić information content (AvgIpc) is 2.58. The van der Waals surface area contributed by atoms with Crippen molar-refractivity contribution in [3.8, 4) is 0 Å². The van der Waals surface area contributed by atoms with Crippen molar-refractivity contribution in [3.63, 3.8) is 0 Å². The highest BCUT2D eigenvalue weighted by molar-refractivity contribution is 5.79. The monoisotopic (exact) mass is 384 g/mol. The zero-order chi connectivity index (χ0) is 20.1. The molecular weight excluding hydrogens is 344 g/mol. The molecule has 1 fully saturated rings. The van der Waals surface area contributed by atoms with E-state index in [4.69, 9.17) is 4.74 Å². The van der Waals surface area contributed by atoms with Gasteiger partial charge in [0.05, 0.1) is 0 Å². The van der Waals surface area contributed by atoms with Crippen LogP contribution >= 0.6 is 0 Å². The van der Waals surface area contributed by atoms with E-state index < -0.39 is 11.7 Å². The second-order valence-corrected chi connectivity index (χ2v) is 7.97. The predicted molar refractivity (Wildman–Crippen MR) is 111 cm³/mol. The van der Waals surface area contributed by atoms with Gasteiger partial charge in [0.25, 0.3) is 0 Å². The summed E-state index contributed by atoms with van der Waals surface area (Å²) >= 11 is 0. The first-order valence-electron chi connectivity index (χ1n) is 10.2. The molecule has 3 N–H and O–H groups in total. The molecule has 158 valence electrons. The van der Waals surface area contributed by atoms with Crippen LogP contribution in [0.15, 0.2) is 4.99 Å². The summed E-state index contributed by atoms with van der Waals surface area (Å²) in [6.07, 6.45) is 1.86. The number of nitrogens with zero attached hydrogens (tertiary/aromatic N) is 3. The molecule has 1 rings (SSSR count). The summed E-state index contributed by atoms with van der Waals surface area (Å²) in [5.74, 6) is 0.795. The molecule has 8 heteroatoms. The van der Waals surface area contributed by atoms with Crippen molar-refractivity contribution >= 4 is 12.1 Å². The van der Waals surface area contributed by atoms with Crippen LogP contribution in [0.3, 0.4) is 0 Å². The summed E-state index contributed by atoms with van der Waals surface area (Å²) in [5, 5.41) is 9.21. The largest absolute Gasteiger partial charge is 0.444 e. The second kappa shape index (κ2) is 12.8. The normalized spacial score (nSPS) is 16.9. The van der Waals surface area contributed by atoms with E-state index in [0.717, 1.165) is 32.0 Å². The lowest BCUT2D eigenvalue weighted by Gasteiger charge is -2.32. The van der Waals surface area contributed by atoms with E-state index in [1.54, 1.807) is 0 Å². The molecule has 8 nitrogen and oxygen atoms in total. The number of alkyl carbamates (subject to hydrolysis) is 1. The summed E-state index contributed by atoms with van der Waals surface area (Å²) in [6.45, 7) is 16.2. The molecule has 0 aromatic heterocycles. The lowest BCUT2D eigenvalue weighted by molar-refractivity contribution is 0.0529. The molecule has 0 spiro atoms. The van der Waals surface area contributed by atoms with Gasteiger partial charge in [-0.3, -0.25) is 4.99 Å². The van der Waals surface area contributed by atoms with Crippen molar-refractivity contribution in [1.82, 2.24) is 25.8 Å². The van der Waals surface area contributed by atoms with E-state index in [1.807, 2.05) is 27.7 Å². The van der Waals surface area contributed by atoms with E-state index >= 15 is 0 Å². The van der Waals surface area contributed by atoms with Crippen molar-refractivity contribution in [1.29, 1.82) is 0 Å². The maximum atomic E-state index is 11.6. The number of guanidine groups is 1. The first-order valence-corrected chi connectivity index (χ1v) is 10.2. The minimum Gasteiger partial charge on any atom is -0.444 e. The molecule has 1 aliphatic heterocycles. The number of amides is 1. The van der Waals surface area contributed by atoms with Gasteiger partial charge in [-0.05, 0) is 54.1 Å². The fraction of sp³-hybridized carbons (Fsp3) is 0.895. The zero-order valence-electron chi connectivity index (χ0n) is 17.9. The number of hydrogen-bond donors (Lipinski definition) is 3. The van der Waals surface area contributed by atoms with Crippen molar-refractivity contribution in [2.75, 3.05) is 66.0 Å². The zero-order valence-corrected chi connectivity index (χ0v) is 17.9. The summed E-state index contributed by atoms with van der Waals surface area (Å²) in [6, 6.07) is 0. The lowest BCUT2D eigenvalue weighted by atomic mass is 10.2. The van der Waals surface area contributed by atoms with Crippen LogP contribution in [-0.4, -0.2) is 93.4 Å². The number of likely N-dealkylation sites (N-methyl/N-ethyl adjacent to an activating group) is 1. The highest BCUT2D eigenvalue weighted by atomic mass is 16.6. The molecule has 0 aliphatic carbocycles. The molecular formula is C19H40N6O2. The summed E-state index contributed by atoms with van der Waals surface area (Å²) < 4.78 is 5.21. The third-order valence-corrected chi connectivity index (χ3v) is 4.18. The van der Waals surface area contributed by atoms with Crippen molar-refractivity contribution in [2.45, 2.75) is 46.1 Å². The average molecular weight is 385 g/mol. The van der Waals surface area contributed by atoms with Gasteiger partial charge in [0, 0.05) is 52.4 Å². The predicted octanol–water partition coefficient (Wildman–Crippen LogP) is 1.09. The Balaban J connectivity index is 2.15. The van der Waals surface area contributed by atoms with Crippen LogP contribution in [0.5, 0.6) is 0 Å². The van der Waals surface area contributed by atoms with Gasteiger partial charge in [-0.15, -0.1) is 0 Å². The van der Waals surface area contributed by atoms with Crippen LogP contribution in [-0.2, 0) is 4.74 Å². The number of piperazine rings is 1. The molecule has 1 aliphatic rings. The van der Waals surface area contributed by atoms with E-state index in [0.29, 0.717) is 13.1 Å². The number of unbranched alkanes of at least 4 members (excludes halogenated alkanes) is 1. The maximum Gasteiger partial charge on any atom is 0.407 e. The molecule has 0 unspecified atom stereocenters. The van der Waals surface area contributed by atoms with Gasteiger partial charge in [0.15, 0.2) is 5.96 Å². The van der Waals surface area contributed by atoms with Crippen LogP contribution < -0.4 is 16.0 Å². The number of nitrogens with one attached hydrogen (secondary N) is 3. The smallest absolute Gasteiger partial charge is 0.407 e. The number of carbonyl (C=O) groups is 1. The molecule has 0 aromatic carbocycles. The van der Waals surface area contributed by atoms with E-state index in [9.17, 15) is 4.79 Å². The summed E-state index contributed by atoms with van der Waals surface area (Å²) in [4.78, 5) is 21.1. The molecule has 1 amide bonds. The molecule has 0 saturated carbocycles. The number of carbonyl (C=O) groups excluding carboxylic acids is 1. The van der Waals surface area contributed by atoms with Crippen LogP contribution in [0.25, 0.3) is 0 Å². The minimum absolute atomic E-state index is 0.393. The van der Waals surface area contributed by atoms with Crippen LogP contribution in [0.1, 0.15) is 40.5 Å². The van der Waals surface area contributed by atoms with Crippen LogP contribution in [0, 0.1) is 0 Å². The SMILES string of the molecule is CCNC(=NCCCCN1CCN(C)CC1)NCCNC(=O)OC(C)(C)C. The third-order valence-electron chi connectivity index (χ3n) is 4.18. The molecule has 0 aromatic rings. The molecule has 0 atom stereocenters. The third kappa shape index (κ3) is 12.5. The Kier molecular flexibility index (Phi) is 11.1. The maximum absolute atomic E-state index is 11.6. The topological polar surface area (TPSA) is 81.2 Å². The fourth-order valence-electron chi connectivity index (χ4n) is 2.71. The van der Waals surface area contributed by atoms with Gasteiger partial charge >= 0.3 is 6.09 Å². The van der Waals surface area contributed by atoms with Gasteiger partial charge in [0.1, 0.15) is 5.60 Å². The quantitative estimate of drug-likeness (QED) is 0.314. The van der Waals surface area contributed by atoms with Gasteiger partial charge in [0.2, 0.25) is 0 Å². The van der Waals surface area contributed by atoms with Crippen molar-refractivity contribution in [2.24, 2.45) is 4.99 Å². The van der Waals surface area contributed by atoms with Gasteiger partial charge in [-0.1, -0.05) is 0 Å². The Morgan fingerprint density at radius 1 is 1.04 bits per heavy atom. The van der Waals surface area contributed by atoms with E-state index in [-0.39, 0.29) is 0 Å². The highest BCUT2D eigenvalue weighted by Crippen LogP contribution is 2.06. The van der Waals surface area contributed by atoms with E-state index in [1.165, 1.54) is 32.6 Å². The first kappa shape index (κ1) is 23.5. The Hall–Kier alpha value is -1.54. The van der Waals surface area contributed by atoms with Crippen LogP contribution in [0.2, 0.25) is 0 Å². The Morgan fingerprint density at radius 3 is 2.33 bits per heavy atom. The van der Waals surface area contributed by atoms with E-state index in [2.05, 4.69) is 37.8 Å². The number of hydrogen-bond acceptors (Lipinski definition) is 5. The Bertz CT molecular complexity index is 442. The molecule has 1 heterocycles. The molecule has 1 saturated heterocycles. The second-order valence-electron chi connectivity index (χ2n) is 7.97. The Morgan fingerprint density at radius 2 is 1.70 bits per heavy atom. The van der Waals surface area contributed by atoms with Crippen molar-refractivity contribution in [3.05, 3.63) is 0 Å². The summed E-state index contributed by atoms with van der Waals surface area (Å²) in [7, 11) is 2.18. The van der Waals surface area contributed by atoms with Gasteiger partial charge in [-0.2, -0.15) is 0 Å². The summed E-state index contributed by atoms with van der Waals surface area (Å²) in [5.41, 5.74) is -0.474. The molecule has 0 radical (unpaired) electrons. The number of aliphatic imine (C=N–C) groups is 1. The lowest BCUT2D eigenvalue weighted by Crippen LogP contribution is -2.44. The van der Waals surface area contributed by atoms with Crippen LogP contribution in [0.4, 0.5) is 4.79 Å². The first-order chi connectivity index (χ1) is 12.8. The number of ether oxygens (including phenoxy) is 1. The van der Waals surface area contributed by atoms with Crippen molar-refractivity contribution < 1.29 is 9.53 Å². The number of rotatable bonds is 9. The molecule has 0 bridgehead atoms. The highest BCUT2D eigenvalue weighted by Gasteiger charge is 2.15.